The summed E-state index contributed by atoms with van der Waals surface area (Å²) in [5.74, 6) is 2.41. The van der Waals surface area contributed by atoms with Gasteiger partial charge in [-0.25, -0.2) is 0 Å². The van der Waals surface area contributed by atoms with Gasteiger partial charge in [0.25, 0.3) is 0 Å². The monoisotopic (exact) mass is 488 g/mol. The lowest BCUT2D eigenvalue weighted by Crippen LogP contribution is -2.40. The average molecular weight is 489 g/mol. The van der Waals surface area contributed by atoms with Crippen molar-refractivity contribution in [2.45, 2.75) is 47.2 Å². The lowest BCUT2D eigenvalue weighted by molar-refractivity contribution is -0.136. The van der Waals surface area contributed by atoms with Crippen molar-refractivity contribution in [1.82, 2.24) is 10.2 Å². The van der Waals surface area contributed by atoms with Crippen LogP contribution in [0.3, 0.4) is 0 Å². The molecule has 0 radical (unpaired) electrons. The summed E-state index contributed by atoms with van der Waals surface area (Å²) in [7, 11) is 1.69. The Bertz CT molecular complexity index is 979. The first-order valence-electron chi connectivity index (χ1n) is 12.0. The number of methoxy groups -OCH3 is 1. The van der Waals surface area contributed by atoms with Gasteiger partial charge in [-0.2, -0.15) is 0 Å². The lowest BCUT2D eigenvalue weighted by Gasteiger charge is -2.28. The molecule has 6 nitrogen and oxygen atoms in total. The Labute approximate surface area is 208 Å². The molecule has 0 bridgehead atoms. The van der Waals surface area contributed by atoms with E-state index in [0.29, 0.717) is 61.8 Å². The van der Waals surface area contributed by atoms with Gasteiger partial charge in [0.2, 0.25) is 5.91 Å². The second kappa shape index (κ2) is 12.3. The number of nitrogens with zero attached hydrogens (tertiary/aromatic N) is 1. The van der Waals surface area contributed by atoms with Crippen LogP contribution in [0.4, 0.5) is 0 Å². The van der Waals surface area contributed by atoms with Gasteiger partial charge in [-0.05, 0) is 36.1 Å². The number of rotatable bonds is 10. The molecule has 1 unspecified atom stereocenters. The zero-order chi connectivity index (χ0) is 24.7. The first-order valence-corrected chi connectivity index (χ1v) is 12.4. The van der Waals surface area contributed by atoms with Crippen molar-refractivity contribution in [3.05, 3.63) is 52.0 Å². The number of benzene rings is 2. The molecule has 1 atom stereocenters. The van der Waals surface area contributed by atoms with E-state index in [4.69, 9.17) is 25.8 Å². The summed E-state index contributed by atoms with van der Waals surface area (Å²) < 4.78 is 17.1. The van der Waals surface area contributed by atoms with Crippen LogP contribution in [-0.4, -0.2) is 44.2 Å². The van der Waals surface area contributed by atoms with Gasteiger partial charge in [0.15, 0.2) is 11.5 Å². The summed E-state index contributed by atoms with van der Waals surface area (Å²) in [6.07, 6.45) is 0.817. The molecule has 34 heavy (non-hydrogen) atoms. The first-order chi connectivity index (χ1) is 16.3. The molecular formula is C27H37ClN2O4. The third-order valence-electron chi connectivity index (χ3n) is 5.82. The van der Waals surface area contributed by atoms with E-state index >= 15 is 0 Å². The molecule has 3 rings (SSSR count). The molecule has 186 valence electrons. The standard InChI is InChI=1S/C27H37ClN2O4/c1-18(2)16-30(17-21-12-23(28)26-24(13-21)33-10-7-11-34-26)27(31)20(4)14-29-15-22-9-6-8-19(3)25(22)32-5/h6,8-9,12-13,18,20,29H,7,10-11,14-17H2,1-5H3. The number of carbonyl (C=O) groups is 1. The molecule has 0 spiro atoms. The summed E-state index contributed by atoms with van der Waals surface area (Å²) >= 11 is 6.49. The second-order valence-corrected chi connectivity index (χ2v) is 9.77. The molecule has 1 aliphatic heterocycles. The number of amides is 1. The van der Waals surface area contributed by atoms with Crippen LogP contribution in [0.25, 0.3) is 0 Å². The van der Waals surface area contributed by atoms with Crippen LogP contribution < -0.4 is 19.5 Å². The predicted octanol–water partition coefficient (Wildman–Crippen LogP) is 5.23. The first kappa shape index (κ1) is 26.2. The Hall–Kier alpha value is -2.44. The molecule has 1 amide bonds. The number of halogens is 1. The van der Waals surface area contributed by atoms with E-state index in [2.05, 4.69) is 19.2 Å². The van der Waals surface area contributed by atoms with Gasteiger partial charge in [0.05, 0.1) is 25.3 Å². The smallest absolute Gasteiger partial charge is 0.226 e. The largest absolute Gasteiger partial charge is 0.496 e. The summed E-state index contributed by atoms with van der Waals surface area (Å²) in [5, 5.41) is 3.95. The van der Waals surface area contributed by atoms with Crippen LogP contribution in [0.2, 0.25) is 5.02 Å². The summed E-state index contributed by atoms with van der Waals surface area (Å²) in [5.41, 5.74) is 3.12. The van der Waals surface area contributed by atoms with Crippen LogP contribution in [0.5, 0.6) is 17.2 Å². The van der Waals surface area contributed by atoms with Gasteiger partial charge in [-0.1, -0.05) is 50.6 Å². The van der Waals surface area contributed by atoms with Gasteiger partial charge in [-0.3, -0.25) is 4.79 Å². The van der Waals surface area contributed by atoms with Gasteiger partial charge in [0.1, 0.15) is 5.75 Å². The van der Waals surface area contributed by atoms with Crippen molar-refractivity contribution in [2.24, 2.45) is 11.8 Å². The third-order valence-corrected chi connectivity index (χ3v) is 6.10. The minimum Gasteiger partial charge on any atom is -0.496 e. The second-order valence-electron chi connectivity index (χ2n) is 9.37. The SMILES string of the molecule is COc1c(C)cccc1CNCC(C)C(=O)N(Cc1cc(Cl)c2c(c1)OCCCO2)CC(C)C. The van der Waals surface area contributed by atoms with Crippen molar-refractivity contribution < 1.29 is 19.0 Å². The topological polar surface area (TPSA) is 60.0 Å². The normalized spacial score (nSPS) is 14.0. The molecule has 0 aromatic heterocycles. The highest BCUT2D eigenvalue weighted by atomic mass is 35.5. The maximum Gasteiger partial charge on any atom is 0.226 e. The van der Waals surface area contributed by atoms with Gasteiger partial charge in [-0.15, -0.1) is 0 Å². The Morgan fingerprint density at radius 3 is 2.71 bits per heavy atom. The van der Waals surface area contributed by atoms with Crippen LogP contribution in [-0.2, 0) is 17.9 Å². The predicted molar refractivity (Wildman–Crippen MR) is 136 cm³/mol. The Kier molecular flexibility index (Phi) is 9.48. The van der Waals surface area contributed by atoms with E-state index in [1.807, 2.05) is 49.1 Å². The van der Waals surface area contributed by atoms with Crippen LogP contribution in [0.1, 0.15) is 43.9 Å². The molecule has 1 heterocycles. The number of nitrogens with one attached hydrogen (secondary N) is 1. The Balaban J connectivity index is 1.66. The highest BCUT2D eigenvalue weighted by Crippen LogP contribution is 2.38. The molecule has 7 heteroatoms. The van der Waals surface area contributed by atoms with E-state index in [-0.39, 0.29) is 11.8 Å². The molecule has 2 aromatic rings. The van der Waals surface area contributed by atoms with Crippen molar-refractivity contribution in [3.8, 4) is 17.2 Å². The van der Waals surface area contributed by atoms with E-state index in [0.717, 1.165) is 28.9 Å². The number of fused-ring (bicyclic) bond motifs is 1. The molecule has 1 N–H and O–H groups in total. The van der Waals surface area contributed by atoms with Crippen molar-refractivity contribution in [1.29, 1.82) is 0 Å². The van der Waals surface area contributed by atoms with Crippen LogP contribution in [0, 0.1) is 18.8 Å². The minimum atomic E-state index is -0.176. The van der Waals surface area contributed by atoms with Gasteiger partial charge < -0.3 is 24.4 Å². The number of hydrogen-bond donors (Lipinski definition) is 1. The maximum absolute atomic E-state index is 13.4. The average Bonchev–Trinajstić information content (AvgIpc) is 3.04. The van der Waals surface area contributed by atoms with Gasteiger partial charge in [0, 0.05) is 44.1 Å². The highest BCUT2D eigenvalue weighted by molar-refractivity contribution is 6.32. The fraction of sp³-hybridized carbons (Fsp3) is 0.519. The minimum absolute atomic E-state index is 0.112. The summed E-state index contributed by atoms with van der Waals surface area (Å²) in [6, 6.07) is 9.92. The van der Waals surface area contributed by atoms with E-state index in [1.165, 1.54) is 0 Å². The van der Waals surface area contributed by atoms with Crippen molar-refractivity contribution in [3.63, 3.8) is 0 Å². The van der Waals surface area contributed by atoms with Crippen molar-refractivity contribution >= 4 is 17.5 Å². The fourth-order valence-corrected chi connectivity index (χ4v) is 4.52. The molecular weight excluding hydrogens is 452 g/mol. The molecule has 0 saturated heterocycles. The number of hydrogen-bond acceptors (Lipinski definition) is 5. The van der Waals surface area contributed by atoms with Crippen molar-refractivity contribution in [2.75, 3.05) is 33.4 Å². The van der Waals surface area contributed by atoms with Crippen LogP contribution >= 0.6 is 11.6 Å². The number of para-hydroxylation sites is 1. The number of carbonyl (C=O) groups excluding carboxylic acids is 1. The van der Waals surface area contributed by atoms with E-state index in [9.17, 15) is 4.79 Å². The van der Waals surface area contributed by atoms with Crippen LogP contribution in [0.15, 0.2) is 30.3 Å². The zero-order valence-corrected chi connectivity index (χ0v) is 21.7. The molecule has 0 fully saturated rings. The molecule has 0 saturated carbocycles. The third kappa shape index (κ3) is 6.80. The quantitative estimate of drug-likeness (QED) is 0.496. The molecule has 0 aliphatic carbocycles. The molecule has 2 aromatic carbocycles. The lowest BCUT2D eigenvalue weighted by atomic mass is 10.1. The highest BCUT2D eigenvalue weighted by Gasteiger charge is 2.23. The zero-order valence-electron chi connectivity index (χ0n) is 20.9. The maximum atomic E-state index is 13.4. The van der Waals surface area contributed by atoms with Gasteiger partial charge >= 0.3 is 0 Å². The summed E-state index contributed by atoms with van der Waals surface area (Å²) in [6.45, 7) is 11.8. The Morgan fingerprint density at radius 2 is 1.97 bits per heavy atom. The number of ether oxygens (including phenoxy) is 3. The Morgan fingerprint density at radius 1 is 1.21 bits per heavy atom. The van der Waals surface area contributed by atoms with E-state index < -0.39 is 0 Å². The number of aryl methyl sites for hydroxylation is 1. The fourth-order valence-electron chi connectivity index (χ4n) is 4.24. The van der Waals surface area contributed by atoms with E-state index in [1.54, 1.807) is 7.11 Å². The summed E-state index contributed by atoms with van der Waals surface area (Å²) in [4.78, 5) is 15.3. The molecule has 1 aliphatic rings.